The van der Waals surface area contributed by atoms with Gasteiger partial charge in [0.05, 0.1) is 19.3 Å². The number of nitrogens with two attached hydrogens (primary N) is 1. The number of carbonyl (C=O) groups excluding carboxylic acids is 1. The van der Waals surface area contributed by atoms with Gasteiger partial charge in [-0.05, 0) is 6.07 Å². The van der Waals surface area contributed by atoms with Crippen molar-refractivity contribution in [3.8, 4) is 6.07 Å². The van der Waals surface area contributed by atoms with E-state index in [4.69, 9.17) is 11.0 Å². The van der Waals surface area contributed by atoms with E-state index in [2.05, 4.69) is 14.8 Å². The molecule has 7 heteroatoms. The second-order valence-electron chi connectivity index (χ2n) is 3.75. The Balaban J connectivity index is 2.30. The van der Waals surface area contributed by atoms with Gasteiger partial charge in [0.15, 0.2) is 5.69 Å². The summed E-state index contributed by atoms with van der Waals surface area (Å²) in [5.74, 6) is -0.594. The number of nitrogens with zero attached hydrogens (tertiary/aromatic N) is 4. The van der Waals surface area contributed by atoms with E-state index in [0.29, 0.717) is 17.8 Å². The van der Waals surface area contributed by atoms with Crippen LogP contribution in [-0.2, 0) is 11.3 Å². The monoisotopic (exact) mass is 257 g/mol. The molecule has 0 fully saturated rings. The molecule has 0 amide bonds. The van der Waals surface area contributed by atoms with Gasteiger partial charge in [-0.1, -0.05) is 6.07 Å². The third-order valence-corrected chi connectivity index (χ3v) is 2.50. The van der Waals surface area contributed by atoms with Crippen molar-refractivity contribution in [2.45, 2.75) is 6.54 Å². The minimum Gasteiger partial charge on any atom is -0.464 e. The molecule has 0 radical (unpaired) electrons. The lowest BCUT2D eigenvalue weighted by molar-refractivity contribution is 0.0594. The largest absolute Gasteiger partial charge is 0.464 e. The molecule has 19 heavy (non-hydrogen) atoms. The Bertz CT molecular complexity index is 656. The SMILES string of the molecule is COC(=O)c1nn(Cc2cccnc2C#N)cc1N. The highest BCUT2D eigenvalue weighted by atomic mass is 16.5. The van der Waals surface area contributed by atoms with Crippen molar-refractivity contribution in [2.24, 2.45) is 0 Å². The fourth-order valence-corrected chi connectivity index (χ4v) is 1.61. The number of nitriles is 1. The molecular weight excluding hydrogens is 246 g/mol. The fourth-order valence-electron chi connectivity index (χ4n) is 1.61. The molecule has 96 valence electrons. The zero-order valence-electron chi connectivity index (χ0n) is 10.2. The van der Waals surface area contributed by atoms with Crippen LogP contribution in [0.1, 0.15) is 21.7 Å². The summed E-state index contributed by atoms with van der Waals surface area (Å²) in [5.41, 5.74) is 6.98. The van der Waals surface area contributed by atoms with Gasteiger partial charge in [-0.3, -0.25) is 4.68 Å². The highest BCUT2D eigenvalue weighted by molar-refractivity contribution is 5.92. The van der Waals surface area contributed by atoms with E-state index in [-0.39, 0.29) is 11.4 Å². The van der Waals surface area contributed by atoms with Crippen LogP contribution in [0, 0.1) is 11.3 Å². The molecule has 0 atom stereocenters. The maximum Gasteiger partial charge on any atom is 0.360 e. The van der Waals surface area contributed by atoms with E-state index >= 15 is 0 Å². The first-order chi connectivity index (χ1) is 9.15. The van der Waals surface area contributed by atoms with Crippen molar-refractivity contribution >= 4 is 11.7 Å². The summed E-state index contributed by atoms with van der Waals surface area (Å²) in [6.07, 6.45) is 3.06. The Morgan fingerprint density at radius 3 is 3.11 bits per heavy atom. The van der Waals surface area contributed by atoms with Gasteiger partial charge >= 0.3 is 5.97 Å². The maximum absolute atomic E-state index is 11.4. The normalized spacial score (nSPS) is 9.89. The van der Waals surface area contributed by atoms with Gasteiger partial charge in [0, 0.05) is 18.0 Å². The summed E-state index contributed by atoms with van der Waals surface area (Å²) in [5, 5.41) is 13.0. The average Bonchev–Trinajstić information content (AvgIpc) is 2.79. The molecule has 0 unspecified atom stereocenters. The number of aromatic nitrogens is 3. The Hall–Kier alpha value is -2.88. The Labute approximate surface area is 109 Å². The van der Waals surface area contributed by atoms with Crippen molar-refractivity contribution in [3.05, 3.63) is 41.5 Å². The lowest BCUT2D eigenvalue weighted by atomic mass is 10.2. The van der Waals surface area contributed by atoms with E-state index in [1.165, 1.54) is 18.0 Å². The molecule has 2 aromatic heterocycles. The number of nitrogen functional groups attached to an aromatic ring is 1. The van der Waals surface area contributed by atoms with Gasteiger partial charge in [-0.25, -0.2) is 9.78 Å². The Kier molecular flexibility index (Phi) is 3.43. The smallest absolute Gasteiger partial charge is 0.360 e. The first kappa shape index (κ1) is 12.6. The first-order valence-electron chi connectivity index (χ1n) is 5.41. The van der Waals surface area contributed by atoms with Gasteiger partial charge < -0.3 is 10.5 Å². The number of esters is 1. The van der Waals surface area contributed by atoms with Gasteiger partial charge in [0.2, 0.25) is 0 Å². The first-order valence-corrected chi connectivity index (χ1v) is 5.41. The van der Waals surface area contributed by atoms with Gasteiger partial charge in [-0.15, -0.1) is 0 Å². The summed E-state index contributed by atoms with van der Waals surface area (Å²) in [4.78, 5) is 15.3. The van der Waals surface area contributed by atoms with Gasteiger partial charge in [0.1, 0.15) is 11.8 Å². The van der Waals surface area contributed by atoms with Crippen molar-refractivity contribution in [1.29, 1.82) is 5.26 Å². The maximum atomic E-state index is 11.4. The van der Waals surface area contributed by atoms with E-state index < -0.39 is 5.97 Å². The van der Waals surface area contributed by atoms with Crippen molar-refractivity contribution in [1.82, 2.24) is 14.8 Å². The van der Waals surface area contributed by atoms with Crippen LogP contribution in [0.5, 0.6) is 0 Å². The molecule has 0 aliphatic carbocycles. The van der Waals surface area contributed by atoms with Crippen LogP contribution in [0.2, 0.25) is 0 Å². The zero-order chi connectivity index (χ0) is 13.8. The molecule has 2 heterocycles. The molecule has 0 saturated carbocycles. The van der Waals surface area contributed by atoms with Gasteiger partial charge in [-0.2, -0.15) is 10.4 Å². The number of pyridine rings is 1. The van der Waals surface area contributed by atoms with Crippen LogP contribution in [0.15, 0.2) is 24.5 Å². The standard InChI is InChI=1S/C12H11N5O2/c1-19-12(18)11-9(14)7-17(16-11)6-8-3-2-4-15-10(8)5-13/h2-4,7H,6,14H2,1H3. The number of anilines is 1. The molecule has 0 saturated heterocycles. The van der Waals surface area contributed by atoms with Crippen LogP contribution in [0.3, 0.4) is 0 Å². The van der Waals surface area contributed by atoms with E-state index in [0.717, 1.165) is 0 Å². The van der Waals surface area contributed by atoms with Crippen LogP contribution in [0.25, 0.3) is 0 Å². The van der Waals surface area contributed by atoms with E-state index in [9.17, 15) is 4.79 Å². The second-order valence-corrected chi connectivity index (χ2v) is 3.75. The topological polar surface area (TPSA) is 107 Å². The summed E-state index contributed by atoms with van der Waals surface area (Å²) in [6.45, 7) is 0.303. The summed E-state index contributed by atoms with van der Waals surface area (Å²) < 4.78 is 6.04. The Morgan fingerprint density at radius 2 is 2.42 bits per heavy atom. The highest BCUT2D eigenvalue weighted by Crippen LogP contribution is 2.13. The number of ether oxygens (including phenoxy) is 1. The summed E-state index contributed by atoms with van der Waals surface area (Å²) in [7, 11) is 1.26. The molecule has 0 aromatic carbocycles. The summed E-state index contributed by atoms with van der Waals surface area (Å²) in [6, 6.07) is 5.49. The van der Waals surface area contributed by atoms with Crippen LogP contribution in [-0.4, -0.2) is 27.8 Å². The molecular formula is C12H11N5O2. The molecule has 0 bridgehead atoms. The van der Waals surface area contributed by atoms with Crippen molar-refractivity contribution in [2.75, 3.05) is 12.8 Å². The van der Waals surface area contributed by atoms with Crippen LogP contribution >= 0.6 is 0 Å². The minimum absolute atomic E-state index is 0.0601. The van der Waals surface area contributed by atoms with Crippen LogP contribution < -0.4 is 5.73 Å². The van der Waals surface area contributed by atoms with E-state index in [1.807, 2.05) is 6.07 Å². The third kappa shape index (κ3) is 2.52. The molecule has 2 rings (SSSR count). The molecule has 0 aliphatic heterocycles. The van der Waals surface area contributed by atoms with Gasteiger partial charge in [0.25, 0.3) is 0 Å². The van der Waals surface area contributed by atoms with Crippen molar-refractivity contribution < 1.29 is 9.53 Å². The highest BCUT2D eigenvalue weighted by Gasteiger charge is 2.15. The average molecular weight is 257 g/mol. The quantitative estimate of drug-likeness (QED) is 0.805. The predicted octanol–water partition coefficient (Wildman–Crippen LogP) is 0.567. The predicted molar refractivity (Wildman–Crippen MR) is 66.0 cm³/mol. The fraction of sp³-hybridized carbons (Fsp3) is 0.167. The second kappa shape index (κ2) is 5.18. The molecule has 7 nitrogen and oxygen atoms in total. The zero-order valence-corrected chi connectivity index (χ0v) is 10.2. The molecule has 2 N–H and O–H groups in total. The molecule has 2 aromatic rings. The number of methoxy groups -OCH3 is 1. The summed E-state index contributed by atoms with van der Waals surface area (Å²) >= 11 is 0. The van der Waals surface area contributed by atoms with Crippen LogP contribution in [0.4, 0.5) is 5.69 Å². The number of hydrogen-bond acceptors (Lipinski definition) is 6. The third-order valence-electron chi connectivity index (χ3n) is 2.50. The van der Waals surface area contributed by atoms with Crippen molar-refractivity contribution in [3.63, 3.8) is 0 Å². The minimum atomic E-state index is -0.594. The van der Waals surface area contributed by atoms with E-state index in [1.54, 1.807) is 18.3 Å². The molecule has 0 aliphatic rings. The number of rotatable bonds is 3. The Morgan fingerprint density at radius 1 is 1.63 bits per heavy atom. The number of carbonyl (C=O) groups is 1. The lowest BCUT2D eigenvalue weighted by Gasteiger charge is -2.02. The lowest BCUT2D eigenvalue weighted by Crippen LogP contribution is -2.07. The number of hydrogen-bond donors (Lipinski definition) is 1. The molecule has 0 spiro atoms.